The van der Waals surface area contributed by atoms with Crippen LogP contribution in [0.4, 0.5) is 17.2 Å². The Kier molecular flexibility index (Phi) is 4.85. The van der Waals surface area contributed by atoms with Gasteiger partial charge in [-0.05, 0) is 55.6 Å². The molecule has 0 saturated carbocycles. The summed E-state index contributed by atoms with van der Waals surface area (Å²) in [5.41, 5.74) is 3.51. The SMILES string of the molecule is CS(=O)(=O)N1CCc2cc(Nc3ncnc4cc(C#C[C@H]5CCCN5)sc34)ccc21. The van der Waals surface area contributed by atoms with E-state index in [1.807, 2.05) is 24.3 Å². The van der Waals surface area contributed by atoms with Crippen LogP contribution in [0.5, 0.6) is 0 Å². The van der Waals surface area contributed by atoms with Crippen LogP contribution in [0, 0.1) is 11.8 Å². The molecular formula is C21H21N5O2S2. The fraction of sp³-hybridized carbons (Fsp3) is 0.333. The van der Waals surface area contributed by atoms with Crippen LogP contribution < -0.4 is 14.9 Å². The molecule has 0 aliphatic carbocycles. The first-order valence-corrected chi connectivity index (χ1v) is 12.5. The Morgan fingerprint density at radius 3 is 3.00 bits per heavy atom. The van der Waals surface area contributed by atoms with Crippen molar-refractivity contribution in [2.24, 2.45) is 0 Å². The highest BCUT2D eigenvalue weighted by Gasteiger charge is 2.26. The first-order valence-electron chi connectivity index (χ1n) is 9.84. The summed E-state index contributed by atoms with van der Waals surface area (Å²) in [6, 6.07) is 8.01. The zero-order valence-corrected chi connectivity index (χ0v) is 18.1. The molecular weight excluding hydrogens is 418 g/mol. The van der Waals surface area contributed by atoms with Gasteiger partial charge in [-0.15, -0.1) is 11.3 Å². The topological polar surface area (TPSA) is 87.2 Å². The van der Waals surface area contributed by atoms with Gasteiger partial charge in [-0.2, -0.15) is 0 Å². The van der Waals surface area contributed by atoms with E-state index in [1.54, 1.807) is 17.7 Å². The van der Waals surface area contributed by atoms with Gasteiger partial charge in [0, 0.05) is 12.2 Å². The summed E-state index contributed by atoms with van der Waals surface area (Å²) in [6.45, 7) is 1.52. The molecule has 1 atom stereocenters. The van der Waals surface area contributed by atoms with E-state index in [0.29, 0.717) is 13.0 Å². The van der Waals surface area contributed by atoms with Crippen molar-refractivity contribution in [1.29, 1.82) is 0 Å². The van der Waals surface area contributed by atoms with Crippen molar-refractivity contribution in [3.8, 4) is 11.8 Å². The Bertz CT molecular complexity index is 1280. The third kappa shape index (κ3) is 3.74. The number of hydrogen-bond donors (Lipinski definition) is 2. The average Bonchev–Trinajstić information content (AvgIpc) is 3.44. The summed E-state index contributed by atoms with van der Waals surface area (Å²) in [5.74, 6) is 7.30. The standard InChI is InChI=1S/C21H21N5O2S2/c1-30(27,28)26-10-8-14-11-16(5-7-19(14)26)25-21-20-18(23-13-24-21)12-17(29-20)6-4-15-3-2-9-22-15/h5,7,11-13,15,22H,2-3,8-10H2,1H3,(H,23,24,25)/t15-/m1/s1. The molecule has 2 aliphatic heterocycles. The molecule has 3 aromatic rings. The molecule has 1 aromatic carbocycles. The summed E-state index contributed by atoms with van der Waals surface area (Å²) in [5, 5.41) is 6.76. The van der Waals surface area contributed by atoms with Crippen LogP contribution in [-0.2, 0) is 16.4 Å². The summed E-state index contributed by atoms with van der Waals surface area (Å²) in [6.07, 6.45) is 5.76. The third-order valence-corrected chi connectivity index (χ3v) is 7.56. The highest BCUT2D eigenvalue weighted by molar-refractivity contribution is 7.92. The second kappa shape index (κ2) is 7.54. The van der Waals surface area contributed by atoms with Crippen LogP contribution in [0.2, 0.25) is 0 Å². The van der Waals surface area contributed by atoms with Gasteiger partial charge in [0.05, 0.1) is 33.1 Å². The van der Waals surface area contributed by atoms with E-state index in [-0.39, 0.29) is 6.04 Å². The highest BCUT2D eigenvalue weighted by atomic mass is 32.2. The van der Waals surface area contributed by atoms with Gasteiger partial charge in [-0.25, -0.2) is 18.4 Å². The van der Waals surface area contributed by atoms with E-state index >= 15 is 0 Å². The molecule has 5 rings (SSSR count). The maximum absolute atomic E-state index is 11.9. The molecule has 1 fully saturated rings. The third-order valence-electron chi connectivity index (χ3n) is 5.34. The molecule has 0 radical (unpaired) electrons. The van der Waals surface area contributed by atoms with Crippen LogP contribution in [0.15, 0.2) is 30.6 Å². The van der Waals surface area contributed by atoms with Gasteiger partial charge in [-0.1, -0.05) is 11.8 Å². The van der Waals surface area contributed by atoms with Gasteiger partial charge in [0.25, 0.3) is 0 Å². The lowest BCUT2D eigenvalue weighted by molar-refractivity contribution is 0.598. The second-order valence-corrected chi connectivity index (χ2v) is 10.5. The van der Waals surface area contributed by atoms with Gasteiger partial charge >= 0.3 is 0 Å². The predicted octanol–water partition coefficient (Wildman–Crippen LogP) is 2.86. The Morgan fingerprint density at radius 2 is 2.20 bits per heavy atom. The van der Waals surface area contributed by atoms with Crippen LogP contribution in [0.25, 0.3) is 10.2 Å². The van der Waals surface area contributed by atoms with Crippen molar-refractivity contribution in [1.82, 2.24) is 15.3 Å². The number of sulfonamides is 1. The maximum atomic E-state index is 11.9. The number of thiophene rings is 1. The quantitative estimate of drug-likeness (QED) is 0.611. The normalized spacial score (nSPS) is 18.3. The lowest BCUT2D eigenvalue weighted by Crippen LogP contribution is -2.27. The van der Waals surface area contributed by atoms with Crippen molar-refractivity contribution >= 4 is 48.8 Å². The average molecular weight is 440 g/mol. The first-order chi connectivity index (χ1) is 14.5. The van der Waals surface area contributed by atoms with Gasteiger partial charge in [0.2, 0.25) is 10.0 Å². The number of nitrogens with zero attached hydrogens (tertiary/aromatic N) is 3. The Balaban J connectivity index is 1.42. The molecule has 2 aromatic heterocycles. The molecule has 0 spiro atoms. The Labute approximate surface area is 179 Å². The zero-order valence-electron chi connectivity index (χ0n) is 16.5. The number of hydrogen-bond acceptors (Lipinski definition) is 7. The number of rotatable bonds is 3. The van der Waals surface area contributed by atoms with Gasteiger partial charge in [-0.3, -0.25) is 4.31 Å². The van der Waals surface area contributed by atoms with E-state index in [2.05, 4.69) is 32.4 Å². The monoisotopic (exact) mass is 439 g/mol. The molecule has 2 N–H and O–H groups in total. The molecule has 9 heteroatoms. The van der Waals surface area contributed by atoms with Crippen molar-refractivity contribution in [2.45, 2.75) is 25.3 Å². The van der Waals surface area contributed by atoms with Gasteiger partial charge in [0.1, 0.15) is 6.33 Å². The number of anilines is 3. The van der Waals surface area contributed by atoms with Crippen LogP contribution >= 0.6 is 11.3 Å². The zero-order chi connectivity index (χ0) is 20.7. The summed E-state index contributed by atoms with van der Waals surface area (Å²) < 4.78 is 26.3. The molecule has 0 bridgehead atoms. The fourth-order valence-corrected chi connectivity index (χ4v) is 5.78. The molecule has 7 nitrogen and oxygen atoms in total. The minimum absolute atomic E-state index is 0.275. The van der Waals surface area contributed by atoms with Crippen molar-refractivity contribution in [3.05, 3.63) is 41.0 Å². The highest BCUT2D eigenvalue weighted by Crippen LogP contribution is 2.35. The van der Waals surface area contributed by atoms with Crippen LogP contribution in [0.3, 0.4) is 0 Å². The Hall–Kier alpha value is -2.67. The molecule has 2 aliphatic rings. The lowest BCUT2D eigenvalue weighted by Gasteiger charge is -2.16. The maximum Gasteiger partial charge on any atom is 0.232 e. The molecule has 30 heavy (non-hydrogen) atoms. The van der Waals surface area contributed by atoms with Crippen molar-refractivity contribution in [3.63, 3.8) is 0 Å². The smallest absolute Gasteiger partial charge is 0.232 e. The fourth-order valence-electron chi connectivity index (χ4n) is 3.90. The van der Waals surface area contributed by atoms with Gasteiger partial charge in [0.15, 0.2) is 5.82 Å². The molecule has 0 unspecified atom stereocenters. The van der Waals surface area contributed by atoms with Crippen LogP contribution in [0.1, 0.15) is 23.3 Å². The largest absolute Gasteiger partial charge is 0.339 e. The number of fused-ring (bicyclic) bond motifs is 2. The first kappa shape index (κ1) is 19.3. The number of benzene rings is 1. The van der Waals surface area contributed by atoms with E-state index in [4.69, 9.17) is 0 Å². The van der Waals surface area contributed by atoms with E-state index in [9.17, 15) is 8.42 Å². The number of aromatic nitrogens is 2. The summed E-state index contributed by atoms with van der Waals surface area (Å²) >= 11 is 1.58. The van der Waals surface area contributed by atoms with Crippen molar-refractivity contribution in [2.75, 3.05) is 29.0 Å². The minimum Gasteiger partial charge on any atom is -0.339 e. The minimum atomic E-state index is -3.25. The Morgan fingerprint density at radius 1 is 1.30 bits per heavy atom. The van der Waals surface area contributed by atoms with E-state index in [0.717, 1.165) is 50.8 Å². The predicted molar refractivity (Wildman–Crippen MR) is 121 cm³/mol. The molecule has 4 heterocycles. The summed E-state index contributed by atoms with van der Waals surface area (Å²) in [4.78, 5) is 9.78. The lowest BCUT2D eigenvalue weighted by atomic mass is 10.1. The van der Waals surface area contributed by atoms with Crippen LogP contribution in [-0.4, -0.2) is 43.8 Å². The summed E-state index contributed by atoms with van der Waals surface area (Å²) in [7, 11) is -3.25. The molecule has 1 saturated heterocycles. The van der Waals surface area contributed by atoms with Gasteiger partial charge < -0.3 is 10.6 Å². The second-order valence-electron chi connectivity index (χ2n) is 7.52. The molecule has 0 amide bonds. The van der Waals surface area contributed by atoms with E-state index in [1.165, 1.54) is 17.0 Å². The van der Waals surface area contributed by atoms with E-state index < -0.39 is 10.0 Å². The number of nitrogens with one attached hydrogen (secondary N) is 2. The molecule has 154 valence electrons. The van der Waals surface area contributed by atoms with Crippen molar-refractivity contribution < 1.29 is 8.42 Å².